The Labute approximate surface area is 176 Å². The van der Waals surface area contributed by atoms with Gasteiger partial charge in [-0.15, -0.1) is 0 Å². The number of nitrogens with one attached hydrogen (secondary N) is 1. The second-order valence-corrected chi connectivity index (χ2v) is 8.58. The number of fused-ring (bicyclic) bond motifs is 1. The summed E-state index contributed by atoms with van der Waals surface area (Å²) in [5.74, 6) is 0.889. The summed E-state index contributed by atoms with van der Waals surface area (Å²) in [4.78, 5) is 12.3. The van der Waals surface area contributed by atoms with Crippen LogP contribution in [-0.4, -0.2) is 47.4 Å². The number of rotatable bonds is 9. The minimum Gasteiger partial charge on any atom is -0.497 e. The summed E-state index contributed by atoms with van der Waals surface area (Å²) >= 11 is 0. The first kappa shape index (κ1) is 21.4. The number of hydrogen-bond donors (Lipinski definition) is 1. The zero-order valence-electron chi connectivity index (χ0n) is 16.9. The monoisotopic (exact) mass is 428 g/mol. The van der Waals surface area contributed by atoms with Crippen LogP contribution in [0.25, 0.3) is 10.8 Å². The molecular formula is C22H24N2O5S. The Balaban J connectivity index is 1.53. The van der Waals surface area contributed by atoms with Crippen LogP contribution in [0.2, 0.25) is 0 Å². The average molecular weight is 429 g/mol. The van der Waals surface area contributed by atoms with Gasteiger partial charge in [-0.1, -0.05) is 30.3 Å². The van der Waals surface area contributed by atoms with Gasteiger partial charge in [-0.2, -0.15) is 0 Å². The van der Waals surface area contributed by atoms with Crippen LogP contribution in [0.4, 0.5) is 5.69 Å². The predicted molar refractivity (Wildman–Crippen MR) is 118 cm³/mol. The van der Waals surface area contributed by atoms with E-state index in [4.69, 9.17) is 9.47 Å². The molecule has 0 bridgehead atoms. The fraction of sp³-hybridized carbons (Fsp3) is 0.227. The van der Waals surface area contributed by atoms with Gasteiger partial charge in [0, 0.05) is 0 Å². The van der Waals surface area contributed by atoms with Gasteiger partial charge in [0.05, 0.1) is 25.6 Å². The SMILES string of the molecule is COc1ccc(N(CC(=O)NCCOc2ccc3ccccc3c2)S(C)(=O)=O)cc1. The van der Waals surface area contributed by atoms with Crippen LogP contribution in [0.3, 0.4) is 0 Å². The van der Waals surface area contributed by atoms with Gasteiger partial charge in [-0.3, -0.25) is 9.10 Å². The predicted octanol–water partition coefficient (Wildman–Crippen LogP) is 2.81. The van der Waals surface area contributed by atoms with Crippen molar-refractivity contribution in [1.29, 1.82) is 0 Å². The molecule has 0 fully saturated rings. The molecule has 0 aromatic heterocycles. The van der Waals surface area contributed by atoms with Crippen LogP contribution in [0.15, 0.2) is 66.7 Å². The van der Waals surface area contributed by atoms with Crippen molar-refractivity contribution < 1.29 is 22.7 Å². The molecule has 0 aliphatic rings. The van der Waals surface area contributed by atoms with E-state index in [1.54, 1.807) is 24.3 Å². The van der Waals surface area contributed by atoms with Crippen LogP contribution in [0, 0.1) is 0 Å². The van der Waals surface area contributed by atoms with Crippen LogP contribution in [0.1, 0.15) is 0 Å². The Bertz CT molecular complexity index is 1110. The molecule has 0 unspecified atom stereocenters. The Hall–Kier alpha value is -3.26. The molecule has 0 aliphatic carbocycles. The molecule has 8 heteroatoms. The molecule has 3 aromatic carbocycles. The third kappa shape index (κ3) is 5.64. The maximum Gasteiger partial charge on any atom is 0.240 e. The van der Waals surface area contributed by atoms with Gasteiger partial charge >= 0.3 is 0 Å². The van der Waals surface area contributed by atoms with E-state index >= 15 is 0 Å². The third-order valence-electron chi connectivity index (χ3n) is 4.46. The van der Waals surface area contributed by atoms with Crippen molar-refractivity contribution in [2.24, 2.45) is 0 Å². The number of methoxy groups -OCH3 is 1. The molecule has 7 nitrogen and oxygen atoms in total. The molecule has 30 heavy (non-hydrogen) atoms. The normalized spacial score (nSPS) is 11.1. The molecule has 1 N–H and O–H groups in total. The van der Waals surface area contributed by atoms with Gasteiger partial charge in [0.2, 0.25) is 15.9 Å². The first-order valence-electron chi connectivity index (χ1n) is 9.37. The number of ether oxygens (including phenoxy) is 2. The van der Waals surface area contributed by atoms with Gasteiger partial charge in [0.15, 0.2) is 0 Å². The molecule has 0 heterocycles. The van der Waals surface area contributed by atoms with Gasteiger partial charge in [-0.25, -0.2) is 8.42 Å². The van der Waals surface area contributed by atoms with Crippen LogP contribution < -0.4 is 19.1 Å². The number of anilines is 1. The van der Waals surface area contributed by atoms with E-state index in [0.717, 1.165) is 21.3 Å². The molecule has 0 saturated heterocycles. The molecule has 3 rings (SSSR count). The molecule has 158 valence electrons. The van der Waals surface area contributed by atoms with Gasteiger partial charge in [0.1, 0.15) is 24.7 Å². The van der Waals surface area contributed by atoms with Crippen molar-refractivity contribution in [2.75, 3.05) is 37.4 Å². The molecule has 3 aromatic rings. The van der Waals surface area contributed by atoms with Crippen molar-refractivity contribution in [3.8, 4) is 11.5 Å². The van der Waals surface area contributed by atoms with E-state index in [2.05, 4.69) is 5.32 Å². The van der Waals surface area contributed by atoms with Gasteiger partial charge in [-0.05, 0) is 47.2 Å². The Kier molecular flexibility index (Phi) is 6.79. The molecule has 0 spiro atoms. The smallest absolute Gasteiger partial charge is 0.240 e. The van der Waals surface area contributed by atoms with Crippen molar-refractivity contribution in [3.05, 3.63) is 66.7 Å². The molecule has 0 atom stereocenters. The zero-order chi connectivity index (χ0) is 21.6. The minimum atomic E-state index is -3.63. The minimum absolute atomic E-state index is 0.256. The van der Waals surface area contributed by atoms with E-state index in [9.17, 15) is 13.2 Å². The molecule has 0 aliphatic heterocycles. The maximum atomic E-state index is 12.3. The van der Waals surface area contributed by atoms with Crippen LogP contribution >= 0.6 is 0 Å². The largest absolute Gasteiger partial charge is 0.497 e. The second kappa shape index (κ2) is 9.49. The third-order valence-corrected chi connectivity index (χ3v) is 5.60. The van der Waals surface area contributed by atoms with E-state index in [1.165, 1.54) is 7.11 Å². The number of hydrogen-bond acceptors (Lipinski definition) is 5. The summed E-state index contributed by atoms with van der Waals surface area (Å²) in [5.41, 5.74) is 0.390. The van der Waals surface area contributed by atoms with Crippen molar-refractivity contribution in [1.82, 2.24) is 5.32 Å². The topological polar surface area (TPSA) is 84.9 Å². The van der Waals surface area contributed by atoms with Crippen molar-refractivity contribution in [3.63, 3.8) is 0 Å². The highest BCUT2D eigenvalue weighted by molar-refractivity contribution is 7.92. The average Bonchev–Trinajstić information content (AvgIpc) is 2.74. The quantitative estimate of drug-likeness (QED) is 0.530. The molecule has 0 radical (unpaired) electrons. The number of benzene rings is 3. The lowest BCUT2D eigenvalue weighted by atomic mass is 10.1. The summed E-state index contributed by atoms with van der Waals surface area (Å²) < 4.78 is 36.1. The van der Waals surface area contributed by atoms with E-state index in [0.29, 0.717) is 17.2 Å². The molecule has 1 amide bonds. The molecular weight excluding hydrogens is 404 g/mol. The summed E-state index contributed by atoms with van der Waals surface area (Å²) in [6.45, 7) is 0.207. The lowest BCUT2D eigenvalue weighted by Gasteiger charge is -2.22. The number of sulfonamides is 1. The first-order valence-corrected chi connectivity index (χ1v) is 11.2. The van der Waals surface area contributed by atoms with E-state index < -0.39 is 15.9 Å². The second-order valence-electron chi connectivity index (χ2n) is 6.68. The molecule has 0 saturated carbocycles. The fourth-order valence-corrected chi connectivity index (χ4v) is 3.81. The summed E-state index contributed by atoms with van der Waals surface area (Å²) in [6.07, 6.45) is 1.06. The summed E-state index contributed by atoms with van der Waals surface area (Å²) in [5, 5.41) is 4.88. The number of carbonyl (C=O) groups is 1. The highest BCUT2D eigenvalue weighted by atomic mass is 32.2. The maximum absolute atomic E-state index is 12.3. The summed E-state index contributed by atoms with van der Waals surface area (Å²) in [7, 11) is -2.10. The Morgan fingerprint density at radius 1 is 0.967 bits per heavy atom. The van der Waals surface area contributed by atoms with Crippen molar-refractivity contribution >= 4 is 32.4 Å². The standard InChI is InChI=1S/C22H24N2O5S/c1-28-20-11-8-19(9-12-20)24(30(2,26)27)16-22(25)23-13-14-29-21-10-7-17-5-3-4-6-18(17)15-21/h3-12,15H,13-14,16H2,1-2H3,(H,23,25). The number of amides is 1. The zero-order valence-corrected chi connectivity index (χ0v) is 17.7. The number of nitrogens with zero attached hydrogens (tertiary/aromatic N) is 1. The van der Waals surface area contributed by atoms with Gasteiger partial charge in [0.25, 0.3) is 0 Å². The van der Waals surface area contributed by atoms with Crippen LogP contribution in [0.5, 0.6) is 11.5 Å². The van der Waals surface area contributed by atoms with Crippen LogP contribution in [-0.2, 0) is 14.8 Å². The highest BCUT2D eigenvalue weighted by Gasteiger charge is 2.20. The fourth-order valence-electron chi connectivity index (χ4n) is 2.95. The number of carbonyl (C=O) groups excluding carboxylic acids is 1. The van der Waals surface area contributed by atoms with Crippen molar-refractivity contribution in [2.45, 2.75) is 0 Å². The van der Waals surface area contributed by atoms with Gasteiger partial charge < -0.3 is 14.8 Å². The lowest BCUT2D eigenvalue weighted by molar-refractivity contribution is -0.119. The van der Waals surface area contributed by atoms with E-state index in [-0.39, 0.29) is 19.7 Å². The lowest BCUT2D eigenvalue weighted by Crippen LogP contribution is -2.41. The highest BCUT2D eigenvalue weighted by Crippen LogP contribution is 2.22. The first-order chi connectivity index (χ1) is 14.4. The Morgan fingerprint density at radius 3 is 2.30 bits per heavy atom. The van der Waals surface area contributed by atoms with E-state index in [1.807, 2.05) is 42.5 Å². The summed E-state index contributed by atoms with van der Waals surface area (Å²) in [6, 6.07) is 20.2. The Morgan fingerprint density at radius 2 is 1.63 bits per heavy atom.